The minimum absolute atomic E-state index is 0.0250. The minimum atomic E-state index is -2.00. The Hall–Kier alpha value is -1.61. The number of likely N-dealkylation sites (tertiary alicyclic amines) is 1. The quantitative estimate of drug-likeness (QED) is 0.474. The summed E-state index contributed by atoms with van der Waals surface area (Å²) in [5.41, 5.74) is 1.28. The molecule has 1 unspecified atom stereocenters. The van der Waals surface area contributed by atoms with E-state index in [2.05, 4.69) is 12.1 Å². The lowest BCUT2D eigenvalue weighted by Gasteiger charge is -2.27. The van der Waals surface area contributed by atoms with Crippen molar-refractivity contribution in [3.63, 3.8) is 0 Å². The van der Waals surface area contributed by atoms with Gasteiger partial charge in [-0.05, 0) is 49.2 Å². The highest BCUT2D eigenvalue weighted by molar-refractivity contribution is 7.45. The highest BCUT2D eigenvalue weighted by atomic mass is 31.1. The van der Waals surface area contributed by atoms with E-state index >= 15 is 0 Å². The van der Waals surface area contributed by atoms with Crippen molar-refractivity contribution in [2.45, 2.75) is 63.8 Å². The van der Waals surface area contributed by atoms with Crippen LogP contribution in [0.5, 0.6) is 0 Å². The number of carboxylic acid groups (broad SMARTS) is 1. The third-order valence-electron chi connectivity index (χ3n) is 6.62. The third-order valence-corrected chi connectivity index (χ3v) is 8.23. The molecular formula is C23H34NO4P. The van der Waals surface area contributed by atoms with Crippen molar-refractivity contribution < 1.29 is 19.3 Å². The van der Waals surface area contributed by atoms with Crippen molar-refractivity contribution in [1.82, 2.24) is 4.90 Å². The molecule has 1 aromatic carbocycles. The van der Waals surface area contributed by atoms with Crippen LogP contribution in [0.1, 0.15) is 56.9 Å². The van der Waals surface area contributed by atoms with E-state index in [-0.39, 0.29) is 18.0 Å². The molecule has 1 heterocycles. The number of amides is 1. The van der Waals surface area contributed by atoms with E-state index in [0.717, 1.165) is 32.1 Å². The number of carbonyl (C=O) groups is 2. The summed E-state index contributed by atoms with van der Waals surface area (Å²) < 4.78 is 12.5. The zero-order valence-electron chi connectivity index (χ0n) is 17.2. The molecule has 29 heavy (non-hydrogen) atoms. The Morgan fingerprint density at radius 2 is 1.76 bits per heavy atom. The lowest BCUT2D eigenvalue weighted by Crippen LogP contribution is -2.41. The first kappa shape index (κ1) is 22.1. The van der Waals surface area contributed by atoms with Crippen molar-refractivity contribution in [3.8, 4) is 0 Å². The van der Waals surface area contributed by atoms with Gasteiger partial charge in [-0.15, -0.1) is 0 Å². The molecule has 2 aliphatic rings. The van der Waals surface area contributed by atoms with Gasteiger partial charge in [0.1, 0.15) is 6.04 Å². The fraction of sp³-hybridized carbons (Fsp3) is 0.652. The molecule has 3 rings (SSSR count). The van der Waals surface area contributed by atoms with Gasteiger partial charge in [-0.1, -0.05) is 62.4 Å². The monoisotopic (exact) mass is 419 g/mol. The first-order valence-corrected chi connectivity index (χ1v) is 12.9. The third kappa shape index (κ3) is 6.44. The molecule has 6 heteroatoms. The Bertz CT molecular complexity index is 702. The second-order valence-corrected chi connectivity index (χ2v) is 10.6. The molecule has 3 atom stereocenters. The molecule has 1 saturated heterocycles. The van der Waals surface area contributed by atoms with Gasteiger partial charge in [-0.2, -0.15) is 0 Å². The van der Waals surface area contributed by atoms with Crippen molar-refractivity contribution in [3.05, 3.63) is 35.9 Å². The number of carbonyl (C=O) groups excluding carboxylic acids is 1. The van der Waals surface area contributed by atoms with E-state index in [0.29, 0.717) is 25.0 Å². The highest BCUT2D eigenvalue weighted by Crippen LogP contribution is 2.38. The predicted molar refractivity (Wildman–Crippen MR) is 116 cm³/mol. The summed E-state index contributed by atoms with van der Waals surface area (Å²) in [6, 6.07) is 9.49. The predicted octanol–water partition coefficient (Wildman–Crippen LogP) is 4.45. The lowest BCUT2D eigenvalue weighted by molar-refractivity contribution is -0.147. The van der Waals surface area contributed by atoms with Gasteiger partial charge in [-0.25, -0.2) is 4.79 Å². The number of benzene rings is 1. The van der Waals surface area contributed by atoms with Crippen LogP contribution in [0.25, 0.3) is 0 Å². The van der Waals surface area contributed by atoms with Crippen LogP contribution >= 0.6 is 7.80 Å². The summed E-state index contributed by atoms with van der Waals surface area (Å²) in [7, 11) is -2.00. The summed E-state index contributed by atoms with van der Waals surface area (Å²) in [5.74, 6) is -0.311. The van der Waals surface area contributed by atoms with E-state index in [1.54, 1.807) is 0 Å². The molecular weight excluding hydrogens is 385 g/mol. The second-order valence-electron chi connectivity index (χ2n) is 8.70. The molecule has 1 saturated carbocycles. The summed E-state index contributed by atoms with van der Waals surface area (Å²) >= 11 is 0. The normalized spacial score (nSPS) is 23.8. The second kappa shape index (κ2) is 11.0. The van der Waals surface area contributed by atoms with Gasteiger partial charge in [0.15, 0.2) is 0 Å². The van der Waals surface area contributed by atoms with Crippen LogP contribution in [0.15, 0.2) is 30.3 Å². The van der Waals surface area contributed by atoms with Crippen LogP contribution < -0.4 is 0 Å². The van der Waals surface area contributed by atoms with Gasteiger partial charge < -0.3 is 14.6 Å². The number of nitrogens with zero attached hydrogens (tertiary/aromatic N) is 1. The lowest BCUT2D eigenvalue weighted by atomic mass is 9.79. The molecule has 1 aromatic rings. The standard InChI is InChI=1S/C23H34NO4P/c25-22(17-29(28)14-8-7-11-18-9-3-1-4-10-18)24-16-20(15-21(24)23(26)27)19-12-5-2-6-13-19/h1,3-4,9-10,19-21,29H,2,5-8,11-17H2,(H,26,27)/t20-,21+/m1/s1. The minimum Gasteiger partial charge on any atom is -0.480 e. The van der Waals surface area contributed by atoms with E-state index < -0.39 is 19.8 Å². The zero-order chi connectivity index (χ0) is 20.6. The number of carboxylic acids is 1. The summed E-state index contributed by atoms with van der Waals surface area (Å²) in [6.45, 7) is 0.531. The first-order chi connectivity index (χ1) is 14.0. The van der Waals surface area contributed by atoms with E-state index in [1.807, 2.05) is 18.2 Å². The Morgan fingerprint density at radius 3 is 2.45 bits per heavy atom. The van der Waals surface area contributed by atoms with Crippen molar-refractivity contribution in [1.29, 1.82) is 0 Å². The van der Waals surface area contributed by atoms with E-state index in [4.69, 9.17) is 0 Å². The first-order valence-electron chi connectivity index (χ1n) is 11.1. The molecule has 1 amide bonds. The van der Waals surface area contributed by atoms with Crippen molar-refractivity contribution in [2.75, 3.05) is 18.9 Å². The van der Waals surface area contributed by atoms with Gasteiger partial charge in [0.25, 0.3) is 0 Å². The van der Waals surface area contributed by atoms with E-state index in [1.165, 1.54) is 29.7 Å². The van der Waals surface area contributed by atoms with Crippen molar-refractivity contribution >= 4 is 19.7 Å². The summed E-state index contributed by atoms with van der Waals surface area (Å²) in [5, 5.41) is 9.60. The van der Waals surface area contributed by atoms with E-state index in [9.17, 15) is 19.3 Å². The maximum atomic E-state index is 12.7. The molecule has 0 spiro atoms. The van der Waals surface area contributed by atoms with Gasteiger partial charge in [0.2, 0.25) is 5.91 Å². The molecule has 0 aromatic heterocycles. The molecule has 1 aliphatic carbocycles. The molecule has 1 aliphatic heterocycles. The Labute approximate surface area is 174 Å². The van der Waals surface area contributed by atoms with Crippen LogP contribution in [0.3, 0.4) is 0 Å². The molecule has 160 valence electrons. The average Bonchev–Trinajstić information content (AvgIpc) is 3.19. The number of aliphatic carboxylic acids is 1. The largest absolute Gasteiger partial charge is 0.480 e. The van der Waals surface area contributed by atoms with Gasteiger partial charge in [0.05, 0.1) is 14.0 Å². The number of hydrogen-bond acceptors (Lipinski definition) is 3. The number of aryl methyl sites for hydroxylation is 1. The maximum absolute atomic E-state index is 12.7. The maximum Gasteiger partial charge on any atom is 0.326 e. The number of rotatable bonds is 9. The van der Waals surface area contributed by atoms with Crippen LogP contribution in [-0.2, 0) is 20.6 Å². The molecule has 2 fully saturated rings. The fourth-order valence-electron chi connectivity index (χ4n) is 4.98. The molecule has 5 nitrogen and oxygen atoms in total. The number of unbranched alkanes of at least 4 members (excludes halogenated alkanes) is 1. The molecule has 1 N–H and O–H groups in total. The smallest absolute Gasteiger partial charge is 0.326 e. The van der Waals surface area contributed by atoms with Crippen LogP contribution in [-0.4, -0.2) is 46.8 Å². The summed E-state index contributed by atoms with van der Waals surface area (Å²) in [4.78, 5) is 26.0. The molecule has 0 bridgehead atoms. The SMILES string of the molecule is O=C(O)[C@@H]1C[C@@H](C2CCCCC2)CN1C(=O)C[PH](=O)CCCCc1ccccc1. The Balaban J connectivity index is 1.45. The number of hydrogen-bond donors (Lipinski definition) is 1. The van der Waals surface area contributed by atoms with Crippen LogP contribution in [0, 0.1) is 11.8 Å². The Kier molecular flexibility index (Phi) is 8.35. The average molecular weight is 420 g/mol. The molecule has 0 radical (unpaired) electrons. The van der Waals surface area contributed by atoms with Gasteiger partial charge in [-0.3, -0.25) is 4.79 Å². The van der Waals surface area contributed by atoms with Crippen LogP contribution in [0.2, 0.25) is 0 Å². The Morgan fingerprint density at radius 1 is 1.03 bits per heavy atom. The van der Waals surface area contributed by atoms with Gasteiger partial charge >= 0.3 is 5.97 Å². The summed E-state index contributed by atoms with van der Waals surface area (Å²) in [6.07, 6.45) is 9.90. The van der Waals surface area contributed by atoms with Gasteiger partial charge in [0, 0.05) is 6.54 Å². The highest BCUT2D eigenvalue weighted by Gasteiger charge is 2.42. The van der Waals surface area contributed by atoms with Crippen LogP contribution in [0.4, 0.5) is 0 Å². The van der Waals surface area contributed by atoms with Crippen molar-refractivity contribution in [2.24, 2.45) is 11.8 Å². The topological polar surface area (TPSA) is 74.7 Å². The fourth-order valence-corrected chi connectivity index (χ4v) is 6.34. The zero-order valence-corrected chi connectivity index (χ0v) is 18.2.